The molecule has 0 N–H and O–H groups in total. The van der Waals surface area contributed by atoms with E-state index in [0.29, 0.717) is 12.5 Å². The van der Waals surface area contributed by atoms with E-state index in [0.717, 1.165) is 44.3 Å². The molecule has 2 saturated heterocycles. The van der Waals surface area contributed by atoms with Crippen LogP contribution < -0.4 is 0 Å². The summed E-state index contributed by atoms with van der Waals surface area (Å²) in [5, 5.41) is 0. The average Bonchev–Trinajstić information content (AvgIpc) is 2.51. The van der Waals surface area contributed by atoms with Crippen LogP contribution in [0.3, 0.4) is 0 Å². The van der Waals surface area contributed by atoms with E-state index in [1.54, 1.807) is 10.4 Å². The molecule has 3 aliphatic rings. The van der Waals surface area contributed by atoms with Crippen molar-refractivity contribution in [3.05, 3.63) is 35.1 Å². The number of halogens is 1. The van der Waals surface area contributed by atoms with Gasteiger partial charge in [-0.15, -0.1) is 0 Å². The van der Waals surface area contributed by atoms with Crippen molar-refractivity contribution < 1.29 is 12.8 Å². The van der Waals surface area contributed by atoms with E-state index in [1.165, 1.54) is 17.9 Å². The predicted octanol–water partition coefficient (Wildman–Crippen LogP) is 2.17. The first-order valence-corrected chi connectivity index (χ1v) is 10.3. The lowest BCUT2D eigenvalue weighted by molar-refractivity contribution is 0.0221. The Bertz CT molecular complexity index is 721. The highest BCUT2D eigenvalue weighted by molar-refractivity contribution is 7.88. The first-order valence-electron chi connectivity index (χ1n) is 8.42. The number of fused-ring (bicyclic) bond motifs is 4. The number of nitrogens with zero attached hydrogens (tertiary/aromatic N) is 2. The van der Waals surface area contributed by atoms with E-state index >= 15 is 0 Å². The van der Waals surface area contributed by atoms with Crippen LogP contribution in [0, 0.1) is 11.7 Å². The Kier molecular flexibility index (Phi) is 3.74. The van der Waals surface area contributed by atoms with E-state index in [-0.39, 0.29) is 17.9 Å². The van der Waals surface area contributed by atoms with Gasteiger partial charge in [0.2, 0.25) is 10.0 Å². The fraction of sp³-hybridized carbons (Fsp3) is 0.647. The zero-order chi connectivity index (χ0) is 16.2. The molecule has 0 unspecified atom stereocenters. The first-order chi connectivity index (χ1) is 10.9. The van der Waals surface area contributed by atoms with E-state index in [9.17, 15) is 12.8 Å². The van der Waals surface area contributed by atoms with Crippen molar-refractivity contribution >= 4 is 10.0 Å². The van der Waals surface area contributed by atoms with E-state index < -0.39 is 10.0 Å². The van der Waals surface area contributed by atoms with Gasteiger partial charge in [-0.05, 0) is 54.9 Å². The van der Waals surface area contributed by atoms with Crippen molar-refractivity contribution in [1.82, 2.24) is 9.21 Å². The Balaban J connectivity index is 1.69. The van der Waals surface area contributed by atoms with Gasteiger partial charge in [-0.25, -0.2) is 12.8 Å². The summed E-state index contributed by atoms with van der Waals surface area (Å²) in [6.07, 6.45) is 5.09. The van der Waals surface area contributed by atoms with Crippen molar-refractivity contribution in [2.75, 3.05) is 25.9 Å². The molecular weight excluding hydrogens is 315 g/mol. The third kappa shape index (κ3) is 2.71. The SMILES string of the molecule is CS(=O)(=O)N1CCC[C@@H]2CN3CCc4ccc(F)cc4[C@@H]3C[C@@H]21. The molecule has 0 aliphatic carbocycles. The Labute approximate surface area is 137 Å². The molecule has 1 aromatic rings. The molecule has 4 rings (SSSR count). The maximum atomic E-state index is 13.7. The number of hydrogen-bond acceptors (Lipinski definition) is 3. The Morgan fingerprint density at radius 3 is 2.87 bits per heavy atom. The van der Waals surface area contributed by atoms with Gasteiger partial charge in [0.05, 0.1) is 6.26 Å². The van der Waals surface area contributed by atoms with Crippen LogP contribution in [0.15, 0.2) is 18.2 Å². The number of rotatable bonds is 1. The molecule has 0 amide bonds. The molecule has 4 nitrogen and oxygen atoms in total. The number of benzene rings is 1. The Morgan fingerprint density at radius 1 is 1.26 bits per heavy atom. The second-order valence-corrected chi connectivity index (χ2v) is 9.12. The Morgan fingerprint density at radius 2 is 2.09 bits per heavy atom. The van der Waals surface area contributed by atoms with E-state index in [2.05, 4.69) is 4.90 Å². The summed E-state index contributed by atoms with van der Waals surface area (Å²) in [7, 11) is -3.18. The molecule has 126 valence electrons. The highest BCUT2D eigenvalue weighted by Crippen LogP contribution is 2.43. The minimum Gasteiger partial charge on any atom is -0.296 e. The smallest absolute Gasteiger partial charge is 0.211 e. The van der Waals surface area contributed by atoms with Crippen molar-refractivity contribution in [2.45, 2.75) is 37.8 Å². The topological polar surface area (TPSA) is 40.6 Å². The molecule has 0 saturated carbocycles. The molecule has 1 aromatic carbocycles. The summed E-state index contributed by atoms with van der Waals surface area (Å²) in [6.45, 7) is 2.55. The third-order valence-electron chi connectivity index (χ3n) is 5.80. The van der Waals surface area contributed by atoms with Crippen LogP contribution in [0.4, 0.5) is 4.39 Å². The maximum absolute atomic E-state index is 13.7. The minimum atomic E-state index is -3.18. The lowest BCUT2D eigenvalue weighted by Crippen LogP contribution is -2.57. The maximum Gasteiger partial charge on any atom is 0.211 e. The van der Waals surface area contributed by atoms with Crippen LogP contribution >= 0.6 is 0 Å². The normalized spacial score (nSPS) is 32.0. The quantitative estimate of drug-likeness (QED) is 0.788. The minimum absolute atomic E-state index is 0.0641. The molecular formula is C17H23FN2O2S. The van der Waals surface area contributed by atoms with E-state index in [1.807, 2.05) is 6.07 Å². The van der Waals surface area contributed by atoms with Gasteiger partial charge in [0.15, 0.2) is 0 Å². The van der Waals surface area contributed by atoms with Gasteiger partial charge in [0.25, 0.3) is 0 Å². The van der Waals surface area contributed by atoms with E-state index in [4.69, 9.17) is 0 Å². The zero-order valence-corrected chi connectivity index (χ0v) is 14.2. The zero-order valence-electron chi connectivity index (χ0n) is 13.4. The summed E-state index contributed by atoms with van der Waals surface area (Å²) >= 11 is 0. The number of hydrogen-bond donors (Lipinski definition) is 0. The molecule has 3 aliphatic heterocycles. The summed E-state index contributed by atoms with van der Waals surface area (Å²) in [4.78, 5) is 2.44. The molecule has 3 atom stereocenters. The largest absolute Gasteiger partial charge is 0.296 e. The van der Waals surface area contributed by atoms with Gasteiger partial charge in [-0.1, -0.05) is 6.07 Å². The molecule has 3 heterocycles. The molecule has 0 aromatic heterocycles. The molecule has 0 bridgehead atoms. The van der Waals surface area contributed by atoms with Gasteiger partial charge >= 0.3 is 0 Å². The standard InChI is InChI=1S/C17H23FN2O2S/c1-23(21,22)20-7-2-3-13-11-19-8-6-12-4-5-14(18)9-15(12)17(19)10-16(13)20/h4-5,9,13,16-17H,2-3,6-8,10-11H2,1H3/t13-,16+,17+/m1/s1. The van der Waals surface area contributed by atoms with Crippen LogP contribution in [0.5, 0.6) is 0 Å². The van der Waals surface area contributed by atoms with Crippen LogP contribution in [0.25, 0.3) is 0 Å². The summed E-state index contributed by atoms with van der Waals surface area (Å²) in [6, 6.07) is 5.29. The van der Waals surface area contributed by atoms with Crippen LogP contribution in [-0.2, 0) is 16.4 Å². The summed E-state index contributed by atoms with van der Waals surface area (Å²) < 4.78 is 39.7. The summed E-state index contributed by atoms with van der Waals surface area (Å²) in [5.41, 5.74) is 2.28. The second kappa shape index (κ2) is 5.53. The molecule has 23 heavy (non-hydrogen) atoms. The van der Waals surface area contributed by atoms with Gasteiger partial charge in [-0.2, -0.15) is 4.31 Å². The molecule has 0 radical (unpaired) electrons. The molecule has 2 fully saturated rings. The fourth-order valence-electron chi connectivity index (χ4n) is 4.78. The van der Waals surface area contributed by atoms with Gasteiger partial charge in [-0.3, -0.25) is 4.90 Å². The molecule has 6 heteroatoms. The lowest BCUT2D eigenvalue weighted by atomic mass is 9.77. The van der Waals surface area contributed by atoms with Gasteiger partial charge in [0, 0.05) is 31.7 Å². The Hall–Kier alpha value is -0.980. The summed E-state index contributed by atoms with van der Waals surface area (Å²) in [5.74, 6) is 0.209. The highest BCUT2D eigenvalue weighted by atomic mass is 32.2. The van der Waals surface area contributed by atoms with Gasteiger partial charge < -0.3 is 0 Å². The fourth-order valence-corrected chi connectivity index (χ4v) is 5.99. The lowest BCUT2D eigenvalue weighted by Gasteiger charge is -2.51. The van der Waals surface area contributed by atoms with Crippen molar-refractivity contribution in [3.8, 4) is 0 Å². The number of piperidine rings is 2. The van der Waals surface area contributed by atoms with Crippen LogP contribution in [0.2, 0.25) is 0 Å². The van der Waals surface area contributed by atoms with Crippen LogP contribution in [-0.4, -0.2) is 49.6 Å². The monoisotopic (exact) mass is 338 g/mol. The molecule has 0 spiro atoms. The van der Waals surface area contributed by atoms with Gasteiger partial charge in [0.1, 0.15) is 5.82 Å². The van der Waals surface area contributed by atoms with Crippen LogP contribution in [0.1, 0.15) is 36.4 Å². The second-order valence-electron chi connectivity index (χ2n) is 7.18. The average molecular weight is 338 g/mol. The highest BCUT2D eigenvalue weighted by Gasteiger charge is 2.44. The first kappa shape index (κ1) is 15.5. The van der Waals surface area contributed by atoms with Crippen molar-refractivity contribution in [3.63, 3.8) is 0 Å². The number of sulfonamides is 1. The predicted molar refractivity (Wildman–Crippen MR) is 87.1 cm³/mol. The van der Waals surface area contributed by atoms with Crippen molar-refractivity contribution in [2.24, 2.45) is 5.92 Å². The third-order valence-corrected chi connectivity index (χ3v) is 7.11. The van der Waals surface area contributed by atoms with Crippen molar-refractivity contribution in [1.29, 1.82) is 0 Å².